The summed E-state index contributed by atoms with van der Waals surface area (Å²) in [4.78, 5) is 0. The van der Waals surface area contributed by atoms with Crippen molar-refractivity contribution in [1.82, 2.24) is 5.43 Å². The van der Waals surface area contributed by atoms with Crippen LogP contribution in [0.25, 0.3) is 0 Å². The van der Waals surface area contributed by atoms with Gasteiger partial charge in [-0.05, 0) is 34.0 Å². The topological polar surface area (TPSA) is 38.0 Å². The van der Waals surface area contributed by atoms with Crippen LogP contribution in [0.1, 0.15) is 5.56 Å². The van der Waals surface area contributed by atoms with Crippen LogP contribution in [-0.2, 0) is 6.42 Å². The van der Waals surface area contributed by atoms with Gasteiger partial charge in [0, 0.05) is 28.6 Å². The fourth-order valence-electron chi connectivity index (χ4n) is 1.98. The Morgan fingerprint density at radius 3 is 3.00 bits per heavy atom. The van der Waals surface area contributed by atoms with Gasteiger partial charge in [0.2, 0.25) is 0 Å². The van der Waals surface area contributed by atoms with E-state index in [1.807, 2.05) is 29.6 Å². The maximum Gasteiger partial charge on any atom is 0.137 e. The standard InChI is InChI=1S/C12H16BrFN2S2/c13-12-8(2-1-3-9(12)14)6-10(16-15)11-7-17-4-5-18-11/h1-3,10-11,16H,4-7,15H2. The van der Waals surface area contributed by atoms with Crippen LogP contribution < -0.4 is 11.3 Å². The molecule has 100 valence electrons. The van der Waals surface area contributed by atoms with Gasteiger partial charge in [-0.25, -0.2) is 4.39 Å². The summed E-state index contributed by atoms with van der Waals surface area (Å²) in [6.07, 6.45) is 0.743. The van der Waals surface area contributed by atoms with Gasteiger partial charge in [0.25, 0.3) is 0 Å². The number of hydrogen-bond donors (Lipinski definition) is 2. The molecule has 2 atom stereocenters. The predicted molar refractivity (Wildman–Crippen MR) is 82.5 cm³/mol. The summed E-state index contributed by atoms with van der Waals surface area (Å²) in [5.41, 5.74) is 3.86. The predicted octanol–water partition coefficient (Wildman–Crippen LogP) is 2.81. The summed E-state index contributed by atoms with van der Waals surface area (Å²) < 4.78 is 14.0. The van der Waals surface area contributed by atoms with E-state index < -0.39 is 0 Å². The van der Waals surface area contributed by atoms with Crippen LogP contribution in [0.2, 0.25) is 0 Å². The van der Waals surface area contributed by atoms with Crippen LogP contribution in [0.5, 0.6) is 0 Å². The lowest BCUT2D eigenvalue weighted by Gasteiger charge is -2.29. The van der Waals surface area contributed by atoms with E-state index in [0.717, 1.165) is 23.5 Å². The first kappa shape index (κ1) is 14.7. The highest BCUT2D eigenvalue weighted by Gasteiger charge is 2.24. The van der Waals surface area contributed by atoms with E-state index in [-0.39, 0.29) is 11.9 Å². The number of nitrogens with two attached hydrogens (primary N) is 1. The molecule has 2 rings (SSSR count). The Morgan fingerprint density at radius 1 is 1.50 bits per heavy atom. The van der Waals surface area contributed by atoms with Crippen molar-refractivity contribution >= 4 is 39.5 Å². The molecule has 3 N–H and O–H groups in total. The van der Waals surface area contributed by atoms with E-state index in [1.165, 1.54) is 11.8 Å². The normalized spacial score (nSPS) is 21.8. The van der Waals surface area contributed by atoms with E-state index in [4.69, 9.17) is 5.84 Å². The average molecular weight is 351 g/mol. The molecule has 2 nitrogen and oxygen atoms in total. The van der Waals surface area contributed by atoms with Gasteiger partial charge < -0.3 is 0 Å². The first-order chi connectivity index (χ1) is 8.72. The molecule has 0 amide bonds. The van der Waals surface area contributed by atoms with Gasteiger partial charge in [-0.2, -0.15) is 23.5 Å². The molecular weight excluding hydrogens is 335 g/mol. The minimum atomic E-state index is -0.214. The SMILES string of the molecule is NNC(Cc1cccc(F)c1Br)C1CSCCS1. The number of hydrogen-bond acceptors (Lipinski definition) is 4. The number of hydrazine groups is 1. The molecule has 0 radical (unpaired) electrons. The highest BCUT2D eigenvalue weighted by Crippen LogP contribution is 2.29. The zero-order chi connectivity index (χ0) is 13.0. The number of rotatable bonds is 4. The molecule has 0 aromatic heterocycles. The molecule has 0 spiro atoms. The molecule has 18 heavy (non-hydrogen) atoms. The Balaban J connectivity index is 2.07. The van der Waals surface area contributed by atoms with E-state index in [0.29, 0.717) is 9.72 Å². The van der Waals surface area contributed by atoms with Crippen LogP contribution >= 0.6 is 39.5 Å². The maximum absolute atomic E-state index is 13.5. The summed E-state index contributed by atoms with van der Waals surface area (Å²) in [5, 5.41) is 0.490. The van der Waals surface area contributed by atoms with Gasteiger partial charge in [0.15, 0.2) is 0 Å². The minimum Gasteiger partial charge on any atom is -0.271 e. The van der Waals surface area contributed by atoms with Crippen molar-refractivity contribution in [1.29, 1.82) is 0 Å². The zero-order valence-electron chi connectivity index (χ0n) is 9.86. The van der Waals surface area contributed by atoms with Gasteiger partial charge in [-0.3, -0.25) is 11.3 Å². The molecule has 6 heteroatoms. The van der Waals surface area contributed by atoms with Crippen molar-refractivity contribution in [2.75, 3.05) is 17.3 Å². The van der Waals surface area contributed by atoms with Gasteiger partial charge in [0.05, 0.1) is 4.47 Å². The van der Waals surface area contributed by atoms with Crippen molar-refractivity contribution in [2.24, 2.45) is 5.84 Å². The zero-order valence-corrected chi connectivity index (χ0v) is 13.1. The molecule has 2 unspecified atom stereocenters. The Morgan fingerprint density at radius 2 is 2.33 bits per heavy atom. The minimum absolute atomic E-state index is 0.181. The lowest BCUT2D eigenvalue weighted by molar-refractivity contribution is 0.520. The molecule has 1 aliphatic heterocycles. The third-order valence-electron chi connectivity index (χ3n) is 2.98. The van der Waals surface area contributed by atoms with E-state index >= 15 is 0 Å². The first-order valence-corrected chi connectivity index (χ1v) is 8.80. The van der Waals surface area contributed by atoms with Crippen LogP contribution in [0.3, 0.4) is 0 Å². The summed E-state index contributed by atoms with van der Waals surface area (Å²) in [6.45, 7) is 0. The molecule has 1 fully saturated rings. The quantitative estimate of drug-likeness (QED) is 0.646. The van der Waals surface area contributed by atoms with Crippen molar-refractivity contribution in [2.45, 2.75) is 17.7 Å². The Kier molecular flexibility index (Phi) is 5.82. The number of nitrogens with one attached hydrogen (secondary N) is 1. The monoisotopic (exact) mass is 350 g/mol. The van der Waals surface area contributed by atoms with Crippen LogP contribution in [0.4, 0.5) is 4.39 Å². The lowest BCUT2D eigenvalue weighted by Crippen LogP contribution is -2.46. The summed E-state index contributed by atoms with van der Waals surface area (Å²) >= 11 is 7.22. The molecule has 1 saturated heterocycles. The van der Waals surface area contributed by atoms with Crippen molar-refractivity contribution in [3.8, 4) is 0 Å². The van der Waals surface area contributed by atoms with Crippen molar-refractivity contribution in [3.05, 3.63) is 34.1 Å². The van der Waals surface area contributed by atoms with Gasteiger partial charge in [-0.1, -0.05) is 12.1 Å². The average Bonchev–Trinajstić information content (AvgIpc) is 2.41. The van der Waals surface area contributed by atoms with E-state index in [9.17, 15) is 4.39 Å². The molecule has 0 aliphatic carbocycles. The van der Waals surface area contributed by atoms with E-state index in [1.54, 1.807) is 6.07 Å². The van der Waals surface area contributed by atoms with Crippen molar-refractivity contribution < 1.29 is 4.39 Å². The molecular formula is C12H16BrFN2S2. The fourth-order valence-corrected chi connectivity index (χ4v) is 5.28. The smallest absolute Gasteiger partial charge is 0.137 e. The number of thioether (sulfide) groups is 2. The summed E-state index contributed by atoms with van der Waals surface area (Å²) in [6, 6.07) is 5.33. The third kappa shape index (κ3) is 3.63. The van der Waals surface area contributed by atoms with Crippen LogP contribution in [0, 0.1) is 5.82 Å². The third-order valence-corrected chi connectivity index (χ3v) is 6.78. The fraction of sp³-hybridized carbons (Fsp3) is 0.500. The highest BCUT2D eigenvalue weighted by molar-refractivity contribution is 9.10. The van der Waals surface area contributed by atoms with E-state index in [2.05, 4.69) is 21.4 Å². The second-order valence-electron chi connectivity index (χ2n) is 4.17. The van der Waals surface area contributed by atoms with Gasteiger partial charge in [-0.15, -0.1) is 0 Å². The summed E-state index contributed by atoms with van der Waals surface area (Å²) in [7, 11) is 0. The Hall–Kier alpha value is 0.250. The maximum atomic E-state index is 13.5. The Bertz CT molecular complexity index is 400. The van der Waals surface area contributed by atoms with Gasteiger partial charge >= 0.3 is 0 Å². The van der Waals surface area contributed by atoms with Gasteiger partial charge in [0.1, 0.15) is 5.82 Å². The second kappa shape index (κ2) is 7.14. The van der Waals surface area contributed by atoms with Crippen LogP contribution in [0.15, 0.2) is 22.7 Å². The van der Waals surface area contributed by atoms with Crippen molar-refractivity contribution in [3.63, 3.8) is 0 Å². The lowest BCUT2D eigenvalue weighted by atomic mass is 10.0. The molecule has 1 aromatic carbocycles. The molecule has 1 heterocycles. The largest absolute Gasteiger partial charge is 0.271 e. The first-order valence-electron chi connectivity index (χ1n) is 5.80. The summed E-state index contributed by atoms with van der Waals surface area (Å²) in [5.74, 6) is 8.92. The highest BCUT2D eigenvalue weighted by atomic mass is 79.9. The molecule has 1 aromatic rings. The Labute approximate surface area is 124 Å². The molecule has 0 saturated carbocycles. The molecule has 1 aliphatic rings. The van der Waals surface area contributed by atoms with Crippen LogP contribution in [-0.4, -0.2) is 28.6 Å². The molecule has 0 bridgehead atoms. The number of halogens is 2. The second-order valence-corrected chi connectivity index (χ2v) is 7.46. The number of benzene rings is 1.